The molecule has 0 spiro atoms. The van der Waals surface area contributed by atoms with Crippen LogP contribution in [0.2, 0.25) is 0 Å². The highest BCUT2D eigenvalue weighted by Gasteiger charge is 2.45. The molecule has 79 heavy (non-hydrogen) atoms. The number of morpholine rings is 1. The number of anilines is 6. The lowest BCUT2D eigenvalue weighted by molar-refractivity contribution is -0.102. The Balaban J connectivity index is 0.683. The lowest BCUT2D eigenvalue weighted by Gasteiger charge is -2.43. The number of hydrogen-bond donors (Lipinski definition) is 5. The van der Waals surface area contributed by atoms with Gasteiger partial charge in [0.05, 0.1) is 60.2 Å². The molecule has 13 rings (SSSR count). The molecule has 6 aliphatic heterocycles. The number of rotatable bonds is 9. The summed E-state index contributed by atoms with van der Waals surface area (Å²) in [6, 6.07) is 26.2. The van der Waals surface area contributed by atoms with Crippen LogP contribution in [0.4, 0.5) is 34.4 Å². The number of phenolic OH excluding ortho intramolecular Hbond substituents is 2. The van der Waals surface area contributed by atoms with Gasteiger partial charge in [0, 0.05) is 103 Å². The highest BCUT2D eigenvalue weighted by molar-refractivity contribution is 5.77. The number of benzene rings is 2. The van der Waals surface area contributed by atoms with Crippen molar-refractivity contribution >= 4 is 34.4 Å². The second-order valence-corrected chi connectivity index (χ2v) is 22.7. The van der Waals surface area contributed by atoms with Crippen LogP contribution in [-0.2, 0) is 4.74 Å². The zero-order valence-corrected chi connectivity index (χ0v) is 44.8. The molecule has 4 aromatic heterocycles. The summed E-state index contributed by atoms with van der Waals surface area (Å²) < 4.78 is 6.45. The molecule has 18 nitrogen and oxygen atoms in total. The maximum absolute atomic E-state index is 12.3. The Morgan fingerprint density at radius 2 is 1.16 bits per heavy atom. The molecule has 9 unspecified atom stereocenters. The number of hydrogen-bond acceptors (Lipinski definition) is 18. The third-order valence-corrected chi connectivity index (χ3v) is 17.9. The Hall–Kier alpha value is -7.74. The molecule has 7 aliphatic rings. The van der Waals surface area contributed by atoms with Gasteiger partial charge < -0.3 is 51.1 Å². The first-order valence-electron chi connectivity index (χ1n) is 28.2. The first-order chi connectivity index (χ1) is 38.5. The fourth-order valence-electron chi connectivity index (χ4n) is 14.5. The maximum atomic E-state index is 12.3. The minimum Gasteiger partial charge on any atom is -0.507 e. The number of nitrogens with zero attached hydrogens (tertiary/aromatic N) is 12. The monoisotopic (exact) mass is 1060 g/mol. The van der Waals surface area contributed by atoms with E-state index < -0.39 is 0 Å². The van der Waals surface area contributed by atoms with Gasteiger partial charge in [-0.15, -0.1) is 20.4 Å². The summed E-state index contributed by atoms with van der Waals surface area (Å²) in [6.45, 7) is 9.88. The minimum absolute atomic E-state index is 0.0409. The van der Waals surface area contributed by atoms with E-state index in [0.29, 0.717) is 65.4 Å². The van der Waals surface area contributed by atoms with Gasteiger partial charge >= 0.3 is 0 Å². The van der Waals surface area contributed by atoms with Gasteiger partial charge in [0.2, 0.25) is 0 Å². The van der Waals surface area contributed by atoms with Gasteiger partial charge in [0.15, 0.2) is 11.6 Å². The molecule has 7 N–H and O–H groups in total. The Bertz CT molecular complexity index is 3370. The Kier molecular flexibility index (Phi) is 13.6. The number of nitrogens with two attached hydrogens (primary N) is 2. The Morgan fingerprint density at radius 3 is 1.76 bits per heavy atom. The van der Waals surface area contributed by atoms with E-state index in [2.05, 4.69) is 117 Å². The van der Waals surface area contributed by atoms with E-state index >= 15 is 0 Å². The van der Waals surface area contributed by atoms with Crippen LogP contribution in [0.5, 0.6) is 11.5 Å². The quantitative estimate of drug-likeness (QED) is 0.104. The number of phenols is 2. The standard InChI is InChI=1S/C61H68N14O4/c1-37-32-71(26-7-9-41-29-43(21-24-65-41)75-44-15-16-45(75)34-72(33-44)53-30-51(66-68-60(53)62)48-10-3-4-13-55(48)76)57(38(2)79-37)50-12-5-11-49(59(50)78)52-31-54(61(63)69-67-52)73-35-46-17-18-47(36-73)74(46)42-20-23-64-40(28-42)8-6-25-70-27-22-39-14-19-56(77)58(39)70/h3-5,10-13,20-21,23-24,28-31,37-39,44-47,56-58,76-78H,14-19,22,25-27,32-36H2,1-2H3,(H2,62,68)(H2,63,69)/t37?,38?,39?,44?,45?,46?,47?,56-,57?,58?/m1/s1. The van der Waals surface area contributed by atoms with Gasteiger partial charge in [-0.25, -0.2) is 9.97 Å². The topological polar surface area (TPSA) is 219 Å². The van der Waals surface area contributed by atoms with Gasteiger partial charge in [-0.1, -0.05) is 36.1 Å². The first kappa shape index (κ1) is 50.7. The zero-order chi connectivity index (χ0) is 53.9. The number of fused-ring (bicyclic) bond motifs is 5. The number of piperazine rings is 2. The van der Waals surface area contributed by atoms with Crippen molar-refractivity contribution in [2.75, 3.05) is 83.4 Å². The molecule has 7 fully saturated rings. The van der Waals surface area contributed by atoms with Gasteiger partial charge in [0.25, 0.3) is 0 Å². The molecule has 406 valence electrons. The lowest BCUT2D eigenvalue weighted by Crippen LogP contribution is -2.54. The number of nitrogen functional groups attached to an aromatic ring is 2. The number of pyridine rings is 2. The molecule has 6 aromatic rings. The van der Waals surface area contributed by atoms with Crippen molar-refractivity contribution in [2.24, 2.45) is 5.92 Å². The molecular formula is C61H68N14O4. The number of aromatic hydroxyl groups is 2. The number of likely N-dealkylation sites (tertiary alicyclic amines) is 1. The Morgan fingerprint density at radius 1 is 0.608 bits per heavy atom. The number of aromatic nitrogens is 6. The average Bonchev–Trinajstić information content (AvgIpc) is 4.33. The average molecular weight is 1060 g/mol. The van der Waals surface area contributed by atoms with Crippen LogP contribution < -0.4 is 31.1 Å². The number of aliphatic hydroxyl groups is 1. The van der Waals surface area contributed by atoms with Crippen LogP contribution in [0.3, 0.4) is 0 Å². The predicted molar refractivity (Wildman–Crippen MR) is 305 cm³/mol. The number of aliphatic hydroxyl groups excluding tert-OH is 1. The van der Waals surface area contributed by atoms with Crippen LogP contribution in [0, 0.1) is 29.6 Å². The minimum atomic E-state index is -0.292. The molecule has 10 heterocycles. The van der Waals surface area contributed by atoms with Gasteiger partial charge in [-0.2, -0.15) is 0 Å². The van der Waals surface area contributed by atoms with E-state index in [9.17, 15) is 15.3 Å². The molecular weight excluding hydrogens is 993 g/mol. The summed E-state index contributed by atoms with van der Waals surface area (Å²) in [6.07, 6.45) is 10.5. The van der Waals surface area contributed by atoms with Crippen molar-refractivity contribution in [3.05, 3.63) is 108 Å². The molecule has 18 heteroatoms. The van der Waals surface area contributed by atoms with Crippen molar-refractivity contribution in [2.45, 2.75) is 113 Å². The number of ether oxygens (including phenoxy) is 1. The summed E-state index contributed by atoms with van der Waals surface area (Å²) in [7, 11) is 0. The predicted octanol–water partition coefficient (Wildman–Crippen LogP) is 6.08. The molecule has 0 amide bonds. The Labute approximate surface area is 461 Å². The molecule has 6 saturated heterocycles. The van der Waals surface area contributed by atoms with Crippen LogP contribution in [0.25, 0.3) is 22.5 Å². The van der Waals surface area contributed by atoms with Crippen molar-refractivity contribution in [3.63, 3.8) is 0 Å². The van der Waals surface area contributed by atoms with Crippen molar-refractivity contribution < 1.29 is 20.1 Å². The summed E-state index contributed by atoms with van der Waals surface area (Å²) in [5.41, 5.74) is 21.5. The van der Waals surface area contributed by atoms with E-state index in [4.69, 9.17) is 21.2 Å². The van der Waals surface area contributed by atoms with Gasteiger partial charge in [-0.05, 0) is 138 Å². The molecule has 1 saturated carbocycles. The summed E-state index contributed by atoms with van der Waals surface area (Å²) in [4.78, 5) is 23.6. The third-order valence-electron chi connectivity index (χ3n) is 17.9. The van der Waals surface area contributed by atoms with Crippen LogP contribution in [0.15, 0.2) is 91.3 Å². The van der Waals surface area contributed by atoms with E-state index in [0.717, 1.165) is 112 Å². The zero-order valence-electron chi connectivity index (χ0n) is 44.8. The van der Waals surface area contributed by atoms with E-state index in [-0.39, 0.29) is 66.1 Å². The number of para-hydroxylation sites is 2. The van der Waals surface area contributed by atoms with Crippen LogP contribution in [-0.4, -0.2) is 156 Å². The van der Waals surface area contributed by atoms with Crippen LogP contribution in [0.1, 0.15) is 81.8 Å². The van der Waals surface area contributed by atoms with Crippen molar-refractivity contribution in [1.29, 1.82) is 0 Å². The second-order valence-electron chi connectivity index (χ2n) is 22.7. The summed E-state index contributed by atoms with van der Waals surface area (Å²) in [5, 5.41) is 51.0. The van der Waals surface area contributed by atoms with E-state index in [1.54, 1.807) is 12.1 Å². The normalized spacial score (nSPS) is 27.4. The molecule has 4 bridgehead atoms. The van der Waals surface area contributed by atoms with Crippen LogP contribution >= 0.6 is 0 Å². The fraction of sp³-hybridized carbons (Fsp3) is 0.443. The summed E-state index contributed by atoms with van der Waals surface area (Å²) in [5.74, 6) is 15.1. The fourth-order valence-corrected chi connectivity index (χ4v) is 14.5. The van der Waals surface area contributed by atoms with E-state index in [1.807, 2.05) is 54.9 Å². The van der Waals surface area contributed by atoms with Crippen molar-refractivity contribution in [3.8, 4) is 57.7 Å². The first-order valence-corrected chi connectivity index (χ1v) is 28.2. The molecule has 2 aromatic carbocycles. The third kappa shape index (κ3) is 9.75. The molecule has 1 aliphatic carbocycles. The summed E-state index contributed by atoms with van der Waals surface area (Å²) >= 11 is 0. The maximum Gasteiger partial charge on any atom is 0.169 e. The largest absolute Gasteiger partial charge is 0.507 e. The molecule has 0 radical (unpaired) electrons. The highest BCUT2D eigenvalue weighted by atomic mass is 16.5. The highest BCUT2D eigenvalue weighted by Crippen LogP contribution is 2.44. The molecule has 10 atom stereocenters. The van der Waals surface area contributed by atoms with E-state index in [1.165, 1.54) is 0 Å². The SMILES string of the molecule is CC1CN(CC#Cc2cc(N3C4CCC3CN(c3cc(-c5ccccc5O)nnc3N)C4)ccn2)C(c2cccc(-c3cc(N4CC5CCC(C4)N5c4ccnc(C#CCN5CCC6CC[C@@H](O)C65)c4)c(N)nn3)c2O)C(C)O1. The van der Waals surface area contributed by atoms with Gasteiger partial charge in [-0.3, -0.25) is 9.80 Å². The van der Waals surface area contributed by atoms with Crippen molar-refractivity contribution in [1.82, 2.24) is 40.2 Å². The van der Waals surface area contributed by atoms with Gasteiger partial charge in [0.1, 0.15) is 22.9 Å². The second kappa shape index (κ2) is 21.1. The smallest absolute Gasteiger partial charge is 0.169 e. The lowest BCUT2D eigenvalue weighted by atomic mass is 9.94.